The van der Waals surface area contributed by atoms with E-state index in [1.54, 1.807) is 6.08 Å². The van der Waals surface area contributed by atoms with E-state index in [0.717, 1.165) is 15.6 Å². The van der Waals surface area contributed by atoms with E-state index < -0.39 is 0 Å². The van der Waals surface area contributed by atoms with Crippen LogP contribution in [0, 0.1) is 0 Å². The third-order valence-electron chi connectivity index (χ3n) is 2.97. The molecule has 0 unspecified atom stereocenters. The second kappa shape index (κ2) is 7.02. The van der Waals surface area contributed by atoms with Gasteiger partial charge in [0.1, 0.15) is 0 Å². The molecule has 5 nitrogen and oxygen atoms in total. The molecule has 0 spiro atoms. The van der Waals surface area contributed by atoms with Crippen molar-refractivity contribution < 1.29 is 9.21 Å². The molecule has 0 fully saturated rings. The molecule has 1 N–H and O–H groups in total. The summed E-state index contributed by atoms with van der Waals surface area (Å²) in [7, 11) is 0. The molecule has 0 aliphatic heterocycles. The topological polar surface area (TPSA) is 68.0 Å². The van der Waals surface area contributed by atoms with Crippen molar-refractivity contribution in [2.24, 2.45) is 0 Å². The number of benzene rings is 2. The van der Waals surface area contributed by atoms with Crippen molar-refractivity contribution in [1.29, 1.82) is 0 Å². The molecule has 0 aliphatic rings. The van der Waals surface area contributed by atoms with E-state index in [0.29, 0.717) is 5.89 Å². The number of carbonyl (C=O) groups is 1. The molecule has 0 saturated heterocycles. The number of halogens is 1. The summed E-state index contributed by atoms with van der Waals surface area (Å²) < 4.78 is 6.39. The first kappa shape index (κ1) is 15.2. The van der Waals surface area contributed by atoms with Crippen molar-refractivity contribution >= 4 is 33.9 Å². The lowest BCUT2D eigenvalue weighted by Gasteiger charge is -1.96. The molecule has 0 radical (unpaired) electrons. The highest BCUT2D eigenvalue weighted by molar-refractivity contribution is 9.10. The van der Waals surface area contributed by atoms with Gasteiger partial charge in [-0.15, -0.1) is 5.10 Å². The fourth-order valence-electron chi connectivity index (χ4n) is 1.87. The Labute approximate surface area is 141 Å². The van der Waals surface area contributed by atoms with Crippen LogP contribution in [0.5, 0.6) is 0 Å². The van der Waals surface area contributed by atoms with Crippen molar-refractivity contribution in [3.05, 3.63) is 70.7 Å². The zero-order valence-electron chi connectivity index (χ0n) is 11.9. The normalized spacial score (nSPS) is 10.8. The van der Waals surface area contributed by atoms with Crippen LogP contribution in [0.1, 0.15) is 5.56 Å². The van der Waals surface area contributed by atoms with Crippen LogP contribution in [0.3, 0.4) is 0 Å². The minimum absolute atomic E-state index is 0.0608. The first-order chi connectivity index (χ1) is 11.2. The molecule has 0 bridgehead atoms. The van der Waals surface area contributed by atoms with Crippen LogP contribution < -0.4 is 5.32 Å². The second-order valence-corrected chi connectivity index (χ2v) is 5.57. The summed E-state index contributed by atoms with van der Waals surface area (Å²) in [6.07, 6.45) is 3.13. The Morgan fingerprint density at radius 3 is 2.52 bits per heavy atom. The lowest BCUT2D eigenvalue weighted by Crippen LogP contribution is -2.07. The summed E-state index contributed by atoms with van der Waals surface area (Å²) >= 11 is 3.36. The average molecular weight is 370 g/mol. The predicted octanol–water partition coefficient (Wildman–Crippen LogP) is 4.15. The first-order valence-corrected chi connectivity index (χ1v) is 7.63. The zero-order chi connectivity index (χ0) is 16.1. The number of nitrogens with zero attached hydrogens (tertiary/aromatic N) is 2. The van der Waals surface area contributed by atoms with E-state index in [9.17, 15) is 4.79 Å². The average Bonchev–Trinajstić information content (AvgIpc) is 3.03. The molecule has 114 valence electrons. The lowest BCUT2D eigenvalue weighted by molar-refractivity contribution is -0.112. The number of hydrogen-bond acceptors (Lipinski definition) is 4. The summed E-state index contributed by atoms with van der Waals surface area (Å²) in [5, 5.41) is 10.3. The van der Waals surface area contributed by atoms with Crippen molar-refractivity contribution in [3.8, 4) is 11.5 Å². The number of aromatic nitrogens is 2. The van der Waals surface area contributed by atoms with Crippen LogP contribution in [0.4, 0.5) is 6.01 Å². The van der Waals surface area contributed by atoms with Crippen LogP contribution in [-0.2, 0) is 4.79 Å². The Balaban J connectivity index is 1.66. The third kappa shape index (κ3) is 4.14. The number of nitrogens with one attached hydrogen (secondary N) is 1. The van der Waals surface area contributed by atoms with Crippen LogP contribution in [-0.4, -0.2) is 16.1 Å². The van der Waals surface area contributed by atoms with Gasteiger partial charge < -0.3 is 4.42 Å². The third-order valence-corrected chi connectivity index (χ3v) is 3.50. The Morgan fingerprint density at radius 1 is 1.04 bits per heavy atom. The monoisotopic (exact) mass is 369 g/mol. The van der Waals surface area contributed by atoms with Gasteiger partial charge in [0.15, 0.2) is 0 Å². The molecular weight excluding hydrogens is 358 g/mol. The van der Waals surface area contributed by atoms with Crippen molar-refractivity contribution in [3.63, 3.8) is 0 Å². The summed E-state index contributed by atoms with van der Waals surface area (Å²) in [5.74, 6) is 0.0136. The van der Waals surface area contributed by atoms with Crippen molar-refractivity contribution in [1.82, 2.24) is 10.2 Å². The highest BCUT2D eigenvalue weighted by Gasteiger charge is 2.09. The fraction of sp³-hybridized carbons (Fsp3) is 0. The van der Waals surface area contributed by atoms with Gasteiger partial charge in [-0.25, -0.2) is 0 Å². The molecule has 2 aromatic carbocycles. The highest BCUT2D eigenvalue weighted by atomic mass is 79.9. The summed E-state index contributed by atoms with van der Waals surface area (Å²) in [6, 6.07) is 17.0. The fourth-order valence-corrected chi connectivity index (χ4v) is 2.13. The number of hydrogen-bond donors (Lipinski definition) is 1. The molecule has 1 heterocycles. The molecular formula is C17H12BrN3O2. The lowest BCUT2D eigenvalue weighted by atomic mass is 10.2. The summed E-state index contributed by atoms with van der Waals surface area (Å²) in [6.45, 7) is 0. The number of carbonyl (C=O) groups excluding carboxylic acids is 1. The molecule has 3 rings (SSSR count). The maximum absolute atomic E-state index is 11.8. The highest BCUT2D eigenvalue weighted by Crippen LogP contribution is 2.21. The number of rotatable bonds is 4. The molecule has 1 amide bonds. The van der Waals surface area contributed by atoms with Gasteiger partial charge in [0.25, 0.3) is 5.91 Å². The molecule has 0 atom stereocenters. The maximum atomic E-state index is 11.8. The van der Waals surface area contributed by atoms with E-state index in [-0.39, 0.29) is 11.9 Å². The van der Waals surface area contributed by atoms with Gasteiger partial charge in [-0.3, -0.25) is 10.1 Å². The van der Waals surface area contributed by atoms with E-state index in [2.05, 4.69) is 31.4 Å². The van der Waals surface area contributed by atoms with Gasteiger partial charge in [-0.05, 0) is 35.9 Å². The molecule has 0 aliphatic carbocycles. The number of amides is 1. The zero-order valence-corrected chi connectivity index (χ0v) is 13.5. The van der Waals surface area contributed by atoms with E-state index >= 15 is 0 Å². The van der Waals surface area contributed by atoms with Gasteiger partial charge in [0.05, 0.1) is 0 Å². The van der Waals surface area contributed by atoms with Gasteiger partial charge in [0.2, 0.25) is 5.89 Å². The molecule has 23 heavy (non-hydrogen) atoms. The van der Waals surface area contributed by atoms with E-state index in [4.69, 9.17) is 4.42 Å². The maximum Gasteiger partial charge on any atom is 0.322 e. The van der Waals surface area contributed by atoms with Gasteiger partial charge in [-0.1, -0.05) is 51.4 Å². The Morgan fingerprint density at radius 2 is 1.78 bits per heavy atom. The minimum Gasteiger partial charge on any atom is -0.403 e. The van der Waals surface area contributed by atoms with Crippen LogP contribution >= 0.6 is 15.9 Å². The van der Waals surface area contributed by atoms with Gasteiger partial charge in [-0.2, -0.15) is 0 Å². The van der Waals surface area contributed by atoms with E-state index in [1.165, 1.54) is 6.08 Å². The van der Waals surface area contributed by atoms with Crippen molar-refractivity contribution in [2.75, 3.05) is 5.32 Å². The quantitative estimate of drug-likeness (QED) is 0.701. The summed E-state index contributed by atoms with van der Waals surface area (Å²) in [5.41, 5.74) is 1.71. The number of anilines is 1. The molecule has 1 aromatic heterocycles. The Hall–Kier alpha value is -2.73. The second-order valence-electron chi connectivity index (χ2n) is 4.65. The Kier molecular flexibility index (Phi) is 4.63. The Bertz CT molecular complexity index is 827. The predicted molar refractivity (Wildman–Crippen MR) is 91.5 cm³/mol. The first-order valence-electron chi connectivity index (χ1n) is 6.84. The van der Waals surface area contributed by atoms with E-state index in [1.807, 2.05) is 54.6 Å². The molecule has 3 aromatic rings. The van der Waals surface area contributed by atoms with Crippen LogP contribution in [0.2, 0.25) is 0 Å². The largest absolute Gasteiger partial charge is 0.403 e. The SMILES string of the molecule is O=C(C=Cc1ccccc1)Nc1nnc(-c2ccc(Br)cc2)o1. The standard InChI is InChI=1S/C17H12BrN3O2/c18-14-9-7-13(8-10-14)16-20-21-17(23-16)19-15(22)11-6-12-4-2-1-3-5-12/h1-11H,(H,19,21,22). The molecule has 0 saturated carbocycles. The summed E-state index contributed by atoms with van der Waals surface area (Å²) in [4.78, 5) is 11.8. The van der Waals surface area contributed by atoms with Crippen molar-refractivity contribution in [2.45, 2.75) is 0 Å². The molecule has 6 heteroatoms. The minimum atomic E-state index is -0.333. The van der Waals surface area contributed by atoms with Crippen LogP contribution in [0.25, 0.3) is 17.5 Å². The smallest absolute Gasteiger partial charge is 0.322 e. The van der Waals surface area contributed by atoms with Gasteiger partial charge in [0, 0.05) is 16.1 Å². The van der Waals surface area contributed by atoms with Gasteiger partial charge >= 0.3 is 6.01 Å². The van der Waals surface area contributed by atoms with Crippen LogP contribution in [0.15, 0.2) is 69.6 Å².